The van der Waals surface area contributed by atoms with Gasteiger partial charge < -0.3 is 14.6 Å². The minimum atomic E-state index is -1.14. The predicted molar refractivity (Wildman–Crippen MR) is 116 cm³/mol. The topological polar surface area (TPSA) is 89.0 Å². The molecule has 166 valence electrons. The molecular formula is C22H18ClFN2O5S. The molecule has 0 bridgehead atoms. The molecule has 0 radical (unpaired) electrons. The molecule has 0 fully saturated rings. The van der Waals surface area contributed by atoms with Crippen molar-refractivity contribution in [1.29, 1.82) is 0 Å². The third-order valence-corrected chi connectivity index (χ3v) is 5.98. The van der Waals surface area contributed by atoms with E-state index in [4.69, 9.17) is 26.2 Å². The Bertz CT molecular complexity index is 1140. The van der Waals surface area contributed by atoms with Gasteiger partial charge in [0.2, 0.25) is 0 Å². The molecule has 3 aromatic rings. The van der Waals surface area contributed by atoms with E-state index in [2.05, 4.69) is 4.98 Å². The van der Waals surface area contributed by atoms with E-state index in [1.165, 1.54) is 28.4 Å². The number of benzene rings is 2. The zero-order valence-corrected chi connectivity index (χ0v) is 18.2. The van der Waals surface area contributed by atoms with E-state index in [1.807, 2.05) is 0 Å². The van der Waals surface area contributed by atoms with Crippen molar-refractivity contribution in [3.8, 4) is 5.75 Å². The van der Waals surface area contributed by atoms with Crippen LogP contribution in [0.25, 0.3) is 0 Å². The fraction of sp³-hybridized carbons (Fsp3) is 0.227. The van der Waals surface area contributed by atoms with Crippen molar-refractivity contribution >= 4 is 35.0 Å². The maximum absolute atomic E-state index is 13.9. The number of nitrogens with zero attached hydrogens (tertiary/aromatic N) is 2. The number of carboxylic acid groups (broad SMARTS) is 1. The summed E-state index contributed by atoms with van der Waals surface area (Å²) in [5.41, 5.74) is 1.91. The summed E-state index contributed by atoms with van der Waals surface area (Å²) in [5.74, 6) is -1.26. The first kappa shape index (κ1) is 22.0. The summed E-state index contributed by atoms with van der Waals surface area (Å²) in [6, 6.07) is 8.40. The molecule has 1 aliphatic heterocycles. The zero-order chi connectivity index (χ0) is 22.7. The van der Waals surface area contributed by atoms with Gasteiger partial charge in [-0.05, 0) is 47.9 Å². The lowest BCUT2D eigenvalue weighted by Gasteiger charge is -2.37. The van der Waals surface area contributed by atoms with E-state index < -0.39 is 24.7 Å². The molecule has 1 aromatic heterocycles. The first-order valence-electron chi connectivity index (χ1n) is 9.66. The molecule has 0 saturated heterocycles. The molecule has 4 rings (SSSR count). The van der Waals surface area contributed by atoms with E-state index >= 15 is 0 Å². The second-order valence-electron chi connectivity index (χ2n) is 7.03. The van der Waals surface area contributed by atoms with Gasteiger partial charge in [-0.1, -0.05) is 17.7 Å². The minimum absolute atomic E-state index is 0.0217. The third kappa shape index (κ3) is 4.84. The summed E-state index contributed by atoms with van der Waals surface area (Å²) in [4.78, 5) is 29.7. The lowest BCUT2D eigenvalue weighted by Crippen LogP contribution is -2.41. The second kappa shape index (κ2) is 9.54. The van der Waals surface area contributed by atoms with Crippen molar-refractivity contribution in [2.75, 3.05) is 13.2 Å². The van der Waals surface area contributed by atoms with Gasteiger partial charge in [-0.25, -0.2) is 19.0 Å². The van der Waals surface area contributed by atoms with Crippen LogP contribution in [0.5, 0.6) is 5.75 Å². The largest absolute Gasteiger partial charge is 0.482 e. The number of fused-ring (bicyclic) bond motifs is 1. The van der Waals surface area contributed by atoms with Gasteiger partial charge in [0.1, 0.15) is 23.2 Å². The third-order valence-electron chi connectivity index (χ3n) is 4.99. The summed E-state index contributed by atoms with van der Waals surface area (Å²) in [5, 5.41) is 11.9. The summed E-state index contributed by atoms with van der Waals surface area (Å²) >= 11 is 7.60. The summed E-state index contributed by atoms with van der Waals surface area (Å²) in [7, 11) is 0. The number of aromatic nitrogens is 1. The first-order chi connectivity index (χ1) is 15.4. The SMILES string of the molecule is O=C(O)COc1ccc(Cl)cc1C1c2ccc(F)cc2CCN1C(=O)OCc1nccs1. The summed E-state index contributed by atoms with van der Waals surface area (Å²) in [6.45, 7) is -0.275. The standard InChI is InChI=1S/C22H18ClFN2O5S/c23-14-1-4-18(30-12-20(27)28)17(10-14)21-16-3-2-15(24)9-13(16)5-7-26(21)22(29)31-11-19-25-6-8-32-19/h1-4,6,8-10,21H,5,7,11-12H2,(H,27,28). The van der Waals surface area contributed by atoms with E-state index in [0.29, 0.717) is 27.6 Å². The van der Waals surface area contributed by atoms with Gasteiger partial charge in [0.05, 0.1) is 6.04 Å². The van der Waals surface area contributed by atoms with E-state index in [-0.39, 0.29) is 24.7 Å². The quantitative estimate of drug-likeness (QED) is 0.555. The fourth-order valence-corrected chi connectivity index (χ4v) is 4.37. The molecule has 1 amide bonds. The van der Waals surface area contributed by atoms with Gasteiger partial charge in [-0.3, -0.25) is 4.90 Å². The molecule has 1 atom stereocenters. The van der Waals surface area contributed by atoms with Crippen LogP contribution in [0.3, 0.4) is 0 Å². The Kier molecular flexibility index (Phi) is 6.57. The lowest BCUT2D eigenvalue weighted by atomic mass is 9.88. The zero-order valence-electron chi connectivity index (χ0n) is 16.7. The highest BCUT2D eigenvalue weighted by atomic mass is 35.5. The van der Waals surface area contributed by atoms with Crippen LogP contribution in [0.4, 0.5) is 9.18 Å². The number of carboxylic acids is 1. The average Bonchev–Trinajstić information content (AvgIpc) is 3.29. The Balaban J connectivity index is 1.73. The monoisotopic (exact) mass is 476 g/mol. The minimum Gasteiger partial charge on any atom is -0.482 e. The van der Waals surface area contributed by atoms with Crippen molar-refractivity contribution in [1.82, 2.24) is 9.88 Å². The van der Waals surface area contributed by atoms with Gasteiger partial charge in [-0.2, -0.15) is 0 Å². The number of aliphatic carboxylic acids is 1. The summed E-state index contributed by atoms with van der Waals surface area (Å²) < 4.78 is 24.8. The maximum Gasteiger partial charge on any atom is 0.410 e. The number of hydrogen-bond donors (Lipinski definition) is 1. The normalized spacial score (nSPS) is 15.2. The highest BCUT2D eigenvalue weighted by Crippen LogP contribution is 2.41. The van der Waals surface area contributed by atoms with Crippen LogP contribution in [0.15, 0.2) is 48.0 Å². The molecular weight excluding hydrogens is 459 g/mol. The van der Waals surface area contributed by atoms with Crippen molar-refractivity contribution in [2.24, 2.45) is 0 Å². The van der Waals surface area contributed by atoms with Gasteiger partial charge in [0, 0.05) is 28.7 Å². The van der Waals surface area contributed by atoms with Crippen molar-refractivity contribution in [2.45, 2.75) is 19.1 Å². The van der Waals surface area contributed by atoms with Crippen molar-refractivity contribution in [3.05, 3.63) is 80.5 Å². The Morgan fingerprint density at radius 1 is 1.25 bits per heavy atom. The number of hydrogen-bond acceptors (Lipinski definition) is 6. The van der Waals surface area contributed by atoms with E-state index in [9.17, 15) is 14.0 Å². The molecule has 7 nitrogen and oxygen atoms in total. The molecule has 2 aromatic carbocycles. The van der Waals surface area contributed by atoms with Crippen LogP contribution < -0.4 is 4.74 Å². The number of carbonyl (C=O) groups excluding carboxylic acids is 1. The Morgan fingerprint density at radius 2 is 2.09 bits per heavy atom. The number of amides is 1. The molecule has 1 unspecified atom stereocenters. The molecule has 2 heterocycles. The van der Waals surface area contributed by atoms with Crippen molar-refractivity contribution in [3.63, 3.8) is 0 Å². The Morgan fingerprint density at radius 3 is 2.84 bits per heavy atom. The van der Waals surface area contributed by atoms with E-state index in [1.54, 1.807) is 35.8 Å². The van der Waals surface area contributed by atoms with Crippen LogP contribution in [0.2, 0.25) is 5.02 Å². The number of halogens is 2. The molecule has 0 aliphatic carbocycles. The van der Waals surface area contributed by atoms with Crippen LogP contribution in [0, 0.1) is 5.82 Å². The smallest absolute Gasteiger partial charge is 0.410 e. The van der Waals surface area contributed by atoms with E-state index in [0.717, 1.165) is 5.56 Å². The van der Waals surface area contributed by atoms with Crippen LogP contribution in [0.1, 0.15) is 27.7 Å². The molecule has 10 heteroatoms. The Labute approximate surface area is 192 Å². The lowest BCUT2D eigenvalue weighted by molar-refractivity contribution is -0.139. The molecule has 1 N–H and O–H groups in total. The second-order valence-corrected chi connectivity index (χ2v) is 8.45. The van der Waals surface area contributed by atoms with Gasteiger partial charge in [0.25, 0.3) is 0 Å². The number of ether oxygens (including phenoxy) is 2. The molecule has 0 spiro atoms. The maximum atomic E-state index is 13.9. The highest BCUT2D eigenvalue weighted by molar-refractivity contribution is 7.09. The highest BCUT2D eigenvalue weighted by Gasteiger charge is 2.35. The number of thiazole rings is 1. The molecule has 32 heavy (non-hydrogen) atoms. The number of rotatable bonds is 6. The van der Waals surface area contributed by atoms with Crippen LogP contribution in [-0.4, -0.2) is 40.2 Å². The molecule has 0 saturated carbocycles. The van der Waals surface area contributed by atoms with Crippen LogP contribution >= 0.6 is 22.9 Å². The molecule has 1 aliphatic rings. The van der Waals surface area contributed by atoms with Gasteiger partial charge in [0.15, 0.2) is 6.61 Å². The average molecular weight is 477 g/mol. The van der Waals surface area contributed by atoms with Crippen molar-refractivity contribution < 1.29 is 28.6 Å². The van der Waals surface area contributed by atoms with Crippen LogP contribution in [-0.2, 0) is 22.6 Å². The fourth-order valence-electron chi connectivity index (χ4n) is 3.66. The predicted octanol–water partition coefficient (Wildman–Crippen LogP) is 4.68. The van der Waals surface area contributed by atoms with Gasteiger partial charge >= 0.3 is 12.1 Å². The van der Waals surface area contributed by atoms with Gasteiger partial charge in [-0.15, -0.1) is 11.3 Å². The first-order valence-corrected chi connectivity index (χ1v) is 10.9. The summed E-state index contributed by atoms with van der Waals surface area (Å²) in [6.07, 6.45) is 1.48. The Hall–Kier alpha value is -3.17. The number of carbonyl (C=O) groups is 2.